The average Bonchev–Trinajstić information content (AvgIpc) is 3.87. The number of nitrogens with zero attached hydrogens (tertiary/aromatic N) is 3. The van der Waals surface area contributed by atoms with E-state index in [9.17, 15) is 14.4 Å². The molecule has 49 heavy (non-hydrogen) atoms. The summed E-state index contributed by atoms with van der Waals surface area (Å²) in [6.45, 7) is 20.2. The molecule has 2 fully saturated rings. The van der Waals surface area contributed by atoms with Gasteiger partial charge in [-0.15, -0.1) is 0 Å². The first-order chi connectivity index (χ1) is 23.1. The summed E-state index contributed by atoms with van der Waals surface area (Å²) in [5, 5.41) is 3.20. The fraction of sp³-hybridized carbons (Fsp3) is 0.575. The summed E-state index contributed by atoms with van der Waals surface area (Å²) in [5.41, 5.74) is 5.78. The smallest absolute Gasteiger partial charge is 0.410 e. The Morgan fingerprint density at radius 3 is 2.45 bits per heavy atom. The molecule has 0 spiro atoms. The van der Waals surface area contributed by atoms with Gasteiger partial charge in [0.25, 0.3) is 0 Å². The Morgan fingerprint density at radius 1 is 1.08 bits per heavy atom. The number of amides is 3. The molecule has 9 nitrogen and oxygen atoms in total. The van der Waals surface area contributed by atoms with Crippen LogP contribution in [-0.4, -0.2) is 67.8 Å². The van der Waals surface area contributed by atoms with Gasteiger partial charge in [-0.1, -0.05) is 45.5 Å². The van der Waals surface area contributed by atoms with E-state index in [4.69, 9.17) is 9.47 Å². The Labute approximate surface area is 293 Å². The Balaban J connectivity index is 1.45. The van der Waals surface area contributed by atoms with Crippen molar-refractivity contribution in [1.82, 2.24) is 4.90 Å². The van der Waals surface area contributed by atoms with Crippen LogP contribution >= 0.6 is 0 Å². The van der Waals surface area contributed by atoms with Gasteiger partial charge in [-0.25, -0.2) is 4.79 Å². The van der Waals surface area contributed by atoms with Crippen molar-refractivity contribution >= 4 is 35.0 Å². The van der Waals surface area contributed by atoms with Gasteiger partial charge >= 0.3 is 6.09 Å². The van der Waals surface area contributed by atoms with E-state index in [1.54, 1.807) is 12.0 Å². The van der Waals surface area contributed by atoms with Crippen LogP contribution in [0, 0.1) is 24.2 Å². The molecule has 1 saturated carbocycles. The number of likely N-dealkylation sites (tertiary alicyclic amines) is 1. The molecule has 0 aromatic heterocycles. The first-order valence-corrected chi connectivity index (χ1v) is 17.9. The quantitative estimate of drug-likeness (QED) is 0.249. The third kappa shape index (κ3) is 8.48. The largest absolute Gasteiger partial charge is 0.444 e. The number of piperidine rings is 1. The van der Waals surface area contributed by atoms with Crippen LogP contribution in [0.3, 0.4) is 0 Å². The molecular formula is C40H56N4O5. The maximum absolute atomic E-state index is 14.0. The van der Waals surface area contributed by atoms with Gasteiger partial charge in [0.15, 0.2) is 0 Å². The molecule has 1 saturated heterocycles. The molecular weight excluding hydrogens is 616 g/mol. The first kappa shape index (κ1) is 36.4. The van der Waals surface area contributed by atoms with Gasteiger partial charge in [-0.3, -0.25) is 9.59 Å². The van der Waals surface area contributed by atoms with Crippen molar-refractivity contribution in [3.05, 3.63) is 65.4 Å². The molecule has 0 bridgehead atoms. The lowest BCUT2D eigenvalue weighted by molar-refractivity contribution is -0.127. The molecule has 2 heterocycles. The summed E-state index contributed by atoms with van der Waals surface area (Å²) in [7, 11) is 1.68. The number of rotatable bonds is 11. The van der Waals surface area contributed by atoms with Gasteiger partial charge in [0.05, 0.1) is 5.92 Å². The summed E-state index contributed by atoms with van der Waals surface area (Å²) < 4.78 is 11.1. The Morgan fingerprint density at radius 2 is 1.80 bits per heavy atom. The fourth-order valence-corrected chi connectivity index (χ4v) is 7.21. The van der Waals surface area contributed by atoms with E-state index in [2.05, 4.69) is 54.1 Å². The van der Waals surface area contributed by atoms with E-state index in [0.717, 1.165) is 65.1 Å². The van der Waals surface area contributed by atoms with Gasteiger partial charge in [-0.2, -0.15) is 0 Å². The van der Waals surface area contributed by atoms with Gasteiger partial charge in [0.2, 0.25) is 11.8 Å². The number of hydrogen-bond donors (Lipinski definition) is 1. The van der Waals surface area contributed by atoms with Crippen LogP contribution in [0.15, 0.2) is 48.7 Å². The number of hydrogen-bond acceptors (Lipinski definition) is 6. The summed E-state index contributed by atoms with van der Waals surface area (Å²) in [6.07, 6.45) is 4.41. The van der Waals surface area contributed by atoms with Crippen LogP contribution < -0.4 is 15.1 Å². The molecule has 3 amide bonds. The highest BCUT2D eigenvalue weighted by Gasteiger charge is 2.42. The molecule has 1 aliphatic carbocycles. The number of ether oxygens (including phenoxy) is 2. The Hall–Kier alpha value is -3.85. The lowest BCUT2D eigenvalue weighted by atomic mass is 9.80. The van der Waals surface area contributed by atoms with Crippen LogP contribution in [0.1, 0.15) is 83.9 Å². The SMILES string of the molecule is C=C([C@@H]1C[C@H](C(=O)Nc2cc(C)ccc2CC)CN(C(=O)OC(C)(C)C)C1)N(c1ccc2c(c1)N(CCCOC)C(=O)C(C)(C)C2)C1CC1. The van der Waals surface area contributed by atoms with Crippen molar-refractivity contribution in [3.8, 4) is 0 Å². The lowest BCUT2D eigenvalue weighted by Gasteiger charge is -2.42. The van der Waals surface area contributed by atoms with E-state index < -0.39 is 23.0 Å². The minimum Gasteiger partial charge on any atom is -0.444 e. The zero-order valence-electron chi connectivity index (χ0n) is 30.9. The van der Waals surface area contributed by atoms with Gasteiger partial charge in [0.1, 0.15) is 5.60 Å². The fourth-order valence-electron chi connectivity index (χ4n) is 7.21. The molecule has 266 valence electrons. The Kier molecular flexibility index (Phi) is 10.8. The summed E-state index contributed by atoms with van der Waals surface area (Å²) in [6, 6.07) is 12.8. The van der Waals surface area contributed by atoms with Gasteiger partial charge in [0, 0.05) is 73.5 Å². The maximum Gasteiger partial charge on any atom is 0.410 e. The zero-order chi connectivity index (χ0) is 35.7. The van der Waals surface area contributed by atoms with Crippen LogP contribution in [-0.2, 0) is 31.9 Å². The van der Waals surface area contributed by atoms with Crippen LogP contribution in [0.2, 0.25) is 0 Å². The minimum absolute atomic E-state index is 0.106. The highest BCUT2D eigenvalue weighted by molar-refractivity contribution is 6.01. The molecule has 2 aliphatic heterocycles. The minimum atomic E-state index is -0.666. The highest BCUT2D eigenvalue weighted by atomic mass is 16.6. The summed E-state index contributed by atoms with van der Waals surface area (Å²) >= 11 is 0. The summed E-state index contributed by atoms with van der Waals surface area (Å²) in [4.78, 5) is 47.0. The third-order valence-corrected chi connectivity index (χ3v) is 9.89. The normalized spacial score (nSPS) is 20.4. The van der Waals surface area contributed by atoms with Crippen molar-refractivity contribution in [3.63, 3.8) is 0 Å². The van der Waals surface area contributed by atoms with E-state index >= 15 is 0 Å². The van der Waals surface area contributed by atoms with Crippen molar-refractivity contribution in [2.24, 2.45) is 17.3 Å². The van der Waals surface area contributed by atoms with Crippen LogP contribution in [0.25, 0.3) is 0 Å². The predicted molar refractivity (Wildman–Crippen MR) is 196 cm³/mol. The predicted octanol–water partition coefficient (Wildman–Crippen LogP) is 7.50. The number of carbonyl (C=O) groups excluding carboxylic acids is 3. The topological polar surface area (TPSA) is 91.4 Å². The number of anilines is 3. The zero-order valence-corrected chi connectivity index (χ0v) is 30.9. The lowest BCUT2D eigenvalue weighted by Crippen LogP contribution is -2.50. The number of carbonyl (C=O) groups is 3. The molecule has 2 aromatic rings. The van der Waals surface area contributed by atoms with Crippen molar-refractivity contribution in [1.29, 1.82) is 0 Å². The number of methoxy groups -OCH3 is 1. The van der Waals surface area contributed by atoms with E-state index in [0.29, 0.717) is 32.5 Å². The number of fused-ring (bicyclic) bond motifs is 1. The van der Waals surface area contributed by atoms with Crippen LogP contribution in [0.5, 0.6) is 0 Å². The maximum atomic E-state index is 14.0. The molecule has 5 rings (SSSR count). The second kappa shape index (κ2) is 14.6. The standard InChI is InChI=1S/C40H56N4O5/c1-10-28-13-12-26(2)20-34(28)41-36(45)31-21-30(24-42(25-31)38(47)49-39(4,5)6)27(3)44(32-16-17-32)33-15-14-29-23-40(7,8)37(46)43(35(29)22-33)18-11-19-48-9/h12-15,20,22,30-32H,3,10-11,16-19,21,23-25H2,1-2,4-9H3,(H,41,45)/t30-,31+/m1/s1. The number of nitrogens with one attached hydrogen (secondary N) is 1. The van der Waals surface area contributed by atoms with Gasteiger partial charge < -0.3 is 29.5 Å². The van der Waals surface area contributed by atoms with Crippen LogP contribution in [0.4, 0.5) is 21.9 Å². The molecule has 0 unspecified atom stereocenters. The molecule has 1 N–H and O–H groups in total. The van der Waals surface area contributed by atoms with Crippen molar-refractivity contribution in [2.45, 2.75) is 98.6 Å². The van der Waals surface area contributed by atoms with E-state index in [1.165, 1.54) is 0 Å². The second-order valence-electron chi connectivity index (χ2n) is 15.8. The average molecular weight is 673 g/mol. The molecule has 2 aromatic carbocycles. The second-order valence-corrected chi connectivity index (χ2v) is 15.8. The molecule has 9 heteroatoms. The van der Waals surface area contributed by atoms with E-state index in [-0.39, 0.29) is 30.3 Å². The number of benzene rings is 2. The Bertz CT molecular complexity index is 1570. The monoisotopic (exact) mass is 672 g/mol. The van der Waals surface area contributed by atoms with E-state index in [1.807, 2.05) is 52.5 Å². The summed E-state index contributed by atoms with van der Waals surface area (Å²) in [5.74, 6) is -0.603. The third-order valence-electron chi connectivity index (χ3n) is 9.89. The molecule has 2 atom stereocenters. The molecule has 0 radical (unpaired) electrons. The first-order valence-electron chi connectivity index (χ1n) is 17.9. The van der Waals surface area contributed by atoms with Crippen molar-refractivity contribution in [2.75, 3.05) is 48.5 Å². The van der Waals surface area contributed by atoms with Crippen molar-refractivity contribution < 1.29 is 23.9 Å². The highest BCUT2D eigenvalue weighted by Crippen LogP contribution is 2.44. The van der Waals surface area contributed by atoms with Gasteiger partial charge in [-0.05, 0) is 101 Å². The molecule has 3 aliphatic rings. The number of aryl methyl sites for hydroxylation is 2.